The van der Waals surface area contributed by atoms with Gasteiger partial charge in [0.2, 0.25) is 5.91 Å². The number of benzene rings is 1. The summed E-state index contributed by atoms with van der Waals surface area (Å²) in [5.74, 6) is -1.89. The second-order valence-corrected chi connectivity index (χ2v) is 11.1. The quantitative estimate of drug-likeness (QED) is 0.0669. The summed E-state index contributed by atoms with van der Waals surface area (Å²) in [6.07, 6.45) is 0. The highest BCUT2D eigenvalue weighted by Crippen LogP contribution is 2.00. The lowest BCUT2D eigenvalue weighted by Crippen LogP contribution is -2.31. The molecule has 0 radical (unpaired) electrons. The Kier molecular flexibility index (Phi) is 38.1. The van der Waals surface area contributed by atoms with Gasteiger partial charge in [0.25, 0.3) is 0 Å². The summed E-state index contributed by atoms with van der Waals surface area (Å²) in [5, 5.41) is 11.0. The van der Waals surface area contributed by atoms with Crippen molar-refractivity contribution < 1.29 is 85.8 Å². The first-order valence-electron chi connectivity index (χ1n) is 18.8. The highest BCUT2D eigenvalue weighted by atomic mass is 16.6. The molecule has 0 atom stereocenters. The zero-order valence-electron chi connectivity index (χ0n) is 32.6. The van der Waals surface area contributed by atoms with Gasteiger partial charge in [0.05, 0.1) is 164 Å². The molecule has 19 nitrogen and oxygen atoms in total. The average molecular weight is 810 g/mol. The van der Waals surface area contributed by atoms with E-state index in [1.165, 1.54) is 0 Å². The van der Waals surface area contributed by atoms with Crippen molar-refractivity contribution in [3.05, 3.63) is 35.9 Å². The molecule has 2 N–H and O–H groups in total. The Hall–Kier alpha value is -2.89. The van der Waals surface area contributed by atoms with Gasteiger partial charge in [-0.05, 0) is 12.1 Å². The lowest BCUT2D eigenvalue weighted by atomic mass is 10.2. The minimum atomic E-state index is -1.13. The van der Waals surface area contributed by atoms with Gasteiger partial charge < -0.3 is 76.7 Å². The summed E-state index contributed by atoms with van der Waals surface area (Å²) >= 11 is 0. The Balaban J connectivity index is 1.63. The molecule has 1 aromatic rings. The Labute approximate surface area is 329 Å². The highest BCUT2D eigenvalue weighted by molar-refractivity contribution is 5.89. The summed E-state index contributed by atoms with van der Waals surface area (Å²) in [4.78, 5) is 33.5. The van der Waals surface area contributed by atoms with Gasteiger partial charge in [0, 0.05) is 6.54 Å². The van der Waals surface area contributed by atoms with Crippen LogP contribution in [0.3, 0.4) is 0 Å². The number of rotatable bonds is 44. The van der Waals surface area contributed by atoms with Crippen molar-refractivity contribution in [2.45, 2.75) is 0 Å². The summed E-state index contributed by atoms with van der Waals surface area (Å²) in [6, 6.07) is 8.82. The Morgan fingerprint density at radius 3 is 1.02 bits per heavy atom. The van der Waals surface area contributed by atoms with Gasteiger partial charge in [-0.1, -0.05) is 18.2 Å². The van der Waals surface area contributed by atoms with Crippen LogP contribution in [0.25, 0.3) is 0 Å². The van der Waals surface area contributed by atoms with E-state index in [0.717, 1.165) is 0 Å². The third-order valence-electron chi connectivity index (χ3n) is 6.59. The second kappa shape index (κ2) is 41.7. The fourth-order valence-electron chi connectivity index (χ4n) is 3.92. The third kappa shape index (κ3) is 38.0. The van der Waals surface area contributed by atoms with Crippen molar-refractivity contribution in [1.29, 1.82) is 0 Å². The fraction of sp³-hybridized carbons (Fsp3) is 0.757. The maximum absolute atomic E-state index is 11.8. The number of carbonyl (C=O) groups is 3. The van der Waals surface area contributed by atoms with E-state index in [4.69, 9.17) is 66.7 Å². The normalized spacial score (nSPS) is 11.2. The summed E-state index contributed by atoms with van der Waals surface area (Å²) in [7, 11) is 0. The molecule has 0 aromatic heterocycles. The summed E-state index contributed by atoms with van der Waals surface area (Å²) < 4.78 is 75.1. The average Bonchev–Trinajstić information content (AvgIpc) is 3.20. The van der Waals surface area contributed by atoms with Crippen LogP contribution in [-0.4, -0.2) is 208 Å². The van der Waals surface area contributed by atoms with Crippen LogP contribution in [-0.2, 0) is 75.9 Å². The largest absolute Gasteiger partial charge is 0.480 e. The number of hydrogen-bond donors (Lipinski definition) is 2. The number of carbonyl (C=O) groups excluding carboxylic acids is 2. The van der Waals surface area contributed by atoms with E-state index in [2.05, 4.69) is 10.1 Å². The number of hydrogen-bond acceptors (Lipinski definition) is 17. The molecule has 324 valence electrons. The Morgan fingerprint density at radius 2 is 0.696 bits per heavy atom. The molecule has 0 aliphatic carbocycles. The third-order valence-corrected chi connectivity index (χ3v) is 6.59. The van der Waals surface area contributed by atoms with Crippen LogP contribution >= 0.6 is 0 Å². The first kappa shape index (κ1) is 51.1. The van der Waals surface area contributed by atoms with Gasteiger partial charge in [-0.25, -0.2) is 9.59 Å². The predicted molar refractivity (Wildman–Crippen MR) is 198 cm³/mol. The van der Waals surface area contributed by atoms with E-state index in [0.29, 0.717) is 171 Å². The van der Waals surface area contributed by atoms with Crippen molar-refractivity contribution in [2.24, 2.45) is 0 Å². The van der Waals surface area contributed by atoms with Crippen molar-refractivity contribution in [2.75, 3.05) is 185 Å². The minimum absolute atomic E-state index is 0.191. The standard InChI is InChI=1S/C37H63NO18/c39-35(32-55-33-36(40)41)38-6-7-43-8-9-44-10-11-45-12-13-46-14-15-47-16-17-48-18-19-49-20-21-50-22-23-51-24-25-52-26-27-53-28-29-54-30-31-56-37(42)34-4-2-1-3-5-34/h1-5H,6-33H2,(H,38,39)(H,40,41). The predicted octanol–water partition coefficient (Wildman–Crippen LogP) is 0.260. The molecule has 1 aromatic carbocycles. The molecular weight excluding hydrogens is 746 g/mol. The Morgan fingerprint density at radius 1 is 0.393 bits per heavy atom. The molecule has 0 spiro atoms. The monoisotopic (exact) mass is 809 g/mol. The molecular formula is C37H63NO18. The molecule has 0 saturated heterocycles. The fourth-order valence-corrected chi connectivity index (χ4v) is 3.92. The topological polar surface area (TPSA) is 213 Å². The number of carboxylic acids is 1. The first-order chi connectivity index (χ1) is 27.6. The first-order valence-corrected chi connectivity index (χ1v) is 18.8. The lowest BCUT2D eigenvalue weighted by molar-refractivity contribution is -0.143. The van der Waals surface area contributed by atoms with Gasteiger partial charge >= 0.3 is 11.9 Å². The molecule has 19 heteroatoms. The van der Waals surface area contributed by atoms with Crippen LogP contribution in [0.1, 0.15) is 10.4 Å². The highest BCUT2D eigenvalue weighted by Gasteiger charge is 2.05. The Bertz CT molecular complexity index is 1020. The van der Waals surface area contributed by atoms with E-state index in [-0.39, 0.29) is 19.2 Å². The molecule has 0 unspecified atom stereocenters. The van der Waals surface area contributed by atoms with Crippen molar-refractivity contribution in [1.82, 2.24) is 5.32 Å². The SMILES string of the molecule is O=C(O)COCC(=O)NCCOCCOCCOCCOCCOCCOCCOCCOCCOCCOCCOCCOCCOC(=O)c1ccccc1. The van der Waals surface area contributed by atoms with E-state index in [1.807, 2.05) is 6.07 Å². The van der Waals surface area contributed by atoms with Crippen LogP contribution in [0.4, 0.5) is 0 Å². The summed E-state index contributed by atoms with van der Waals surface area (Å²) in [6.45, 7) is 10.2. The maximum Gasteiger partial charge on any atom is 0.338 e. The number of ether oxygens (including phenoxy) is 14. The smallest absolute Gasteiger partial charge is 0.338 e. The molecule has 0 fully saturated rings. The molecule has 1 amide bonds. The van der Waals surface area contributed by atoms with Gasteiger partial charge in [-0.15, -0.1) is 0 Å². The summed E-state index contributed by atoms with van der Waals surface area (Å²) in [5.41, 5.74) is 0.517. The zero-order valence-corrected chi connectivity index (χ0v) is 32.6. The van der Waals surface area contributed by atoms with E-state index in [1.54, 1.807) is 24.3 Å². The molecule has 0 heterocycles. The molecule has 56 heavy (non-hydrogen) atoms. The van der Waals surface area contributed by atoms with E-state index >= 15 is 0 Å². The van der Waals surface area contributed by atoms with Crippen LogP contribution in [0.15, 0.2) is 30.3 Å². The molecule has 0 aliphatic heterocycles. The number of amides is 1. The van der Waals surface area contributed by atoms with Gasteiger partial charge in [0.15, 0.2) is 0 Å². The van der Waals surface area contributed by atoms with Crippen LogP contribution < -0.4 is 5.32 Å². The van der Waals surface area contributed by atoms with E-state index < -0.39 is 18.5 Å². The minimum Gasteiger partial charge on any atom is -0.480 e. The number of aliphatic carboxylic acids is 1. The number of esters is 1. The van der Waals surface area contributed by atoms with Crippen LogP contribution in [0.2, 0.25) is 0 Å². The molecule has 1 rings (SSSR count). The second-order valence-electron chi connectivity index (χ2n) is 11.1. The van der Waals surface area contributed by atoms with Crippen molar-refractivity contribution in [3.8, 4) is 0 Å². The lowest BCUT2D eigenvalue weighted by Gasteiger charge is -2.09. The van der Waals surface area contributed by atoms with Gasteiger partial charge in [0.1, 0.15) is 19.8 Å². The van der Waals surface area contributed by atoms with E-state index in [9.17, 15) is 14.4 Å². The zero-order chi connectivity index (χ0) is 40.3. The van der Waals surface area contributed by atoms with Gasteiger partial charge in [-0.2, -0.15) is 0 Å². The van der Waals surface area contributed by atoms with Gasteiger partial charge in [-0.3, -0.25) is 4.79 Å². The molecule has 0 saturated carbocycles. The molecule has 0 bridgehead atoms. The maximum atomic E-state index is 11.8. The number of nitrogens with one attached hydrogen (secondary N) is 1. The van der Waals surface area contributed by atoms with Crippen molar-refractivity contribution in [3.63, 3.8) is 0 Å². The van der Waals surface area contributed by atoms with Crippen LogP contribution in [0.5, 0.6) is 0 Å². The van der Waals surface area contributed by atoms with Crippen LogP contribution in [0, 0.1) is 0 Å². The molecule has 0 aliphatic rings. The number of carboxylic acid groups (broad SMARTS) is 1. The van der Waals surface area contributed by atoms with Crippen molar-refractivity contribution >= 4 is 17.8 Å².